The molecule has 5 heterocycles. The highest BCUT2D eigenvalue weighted by atomic mass is 19.4. The quantitative estimate of drug-likeness (QED) is 0.173. The molecule has 18 heteroatoms. The van der Waals surface area contributed by atoms with Crippen molar-refractivity contribution in [2.75, 3.05) is 18.5 Å². The minimum absolute atomic E-state index is 0.0206. The average molecular weight is 753 g/mol. The van der Waals surface area contributed by atoms with Crippen molar-refractivity contribution in [1.82, 2.24) is 34.9 Å². The van der Waals surface area contributed by atoms with Crippen molar-refractivity contribution in [2.45, 2.75) is 70.9 Å². The van der Waals surface area contributed by atoms with Gasteiger partial charge in [-0.15, -0.1) is 0 Å². The molecule has 3 aliphatic rings. The first-order valence-corrected chi connectivity index (χ1v) is 16.9. The summed E-state index contributed by atoms with van der Waals surface area (Å²) < 4.78 is 77.3. The molecule has 1 aliphatic carbocycles. The van der Waals surface area contributed by atoms with E-state index in [1.54, 1.807) is 24.5 Å². The first-order valence-electron chi connectivity index (χ1n) is 16.9. The van der Waals surface area contributed by atoms with Crippen LogP contribution >= 0.6 is 0 Å². The molecule has 3 atom stereocenters. The Morgan fingerprint density at radius 1 is 1.07 bits per heavy atom. The Kier molecular flexibility index (Phi) is 9.06. The van der Waals surface area contributed by atoms with E-state index in [-0.39, 0.29) is 49.7 Å². The summed E-state index contributed by atoms with van der Waals surface area (Å²) in [5.41, 5.74) is 0.0395. The van der Waals surface area contributed by atoms with Gasteiger partial charge in [-0.25, -0.2) is 15.0 Å². The number of rotatable bonds is 4. The predicted octanol–water partition coefficient (Wildman–Crippen LogP) is 4.56. The van der Waals surface area contributed by atoms with E-state index >= 15 is 0 Å². The molecule has 2 bridgehead atoms. The number of hydrogen-bond acceptors (Lipinski definition) is 9. The van der Waals surface area contributed by atoms with Gasteiger partial charge in [0.15, 0.2) is 11.6 Å². The third kappa shape index (κ3) is 6.81. The zero-order valence-electron chi connectivity index (χ0n) is 29.1. The maximum atomic E-state index is 14.9. The fraction of sp³-hybridized carbons (Fsp3) is 0.389. The standard InChI is InChI=1S/C36H33F5N8O5/c1-18-13-42-31(43-14-18)21-9-22-16-54-8-4-7-35(37,38)33(53)44-17-34-11-24(32(52)46-30-19(2)5-6-25(45-30)36(39,40)41)49(26(34)12-34)27(51)15-48-29(22)23(10-21)28(47-48)20(3)50/h4-7,9-10,13-14,24,26H,8,11-12,15-17H2,1-3H3,(H,44,53)(H,45,46,52)/b7-4-/t24-,26+,34-/m0/s1. The lowest BCUT2D eigenvalue weighted by atomic mass is 9.98. The van der Waals surface area contributed by atoms with Crippen LogP contribution in [0.4, 0.5) is 27.8 Å². The van der Waals surface area contributed by atoms with Crippen LogP contribution in [0.5, 0.6) is 0 Å². The van der Waals surface area contributed by atoms with Gasteiger partial charge in [0.2, 0.25) is 11.8 Å². The molecule has 1 saturated heterocycles. The topological polar surface area (TPSA) is 161 Å². The lowest BCUT2D eigenvalue weighted by Gasteiger charge is -2.27. The number of aromatic nitrogens is 5. The summed E-state index contributed by atoms with van der Waals surface area (Å²) in [5, 5.41) is 9.52. The molecule has 13 nitrogen and oxygen atoms in total. The number of piperidine rings is 1. The number of Topliss-reactive ketones (excluding diaryl/α,β-unsaturated/α-hetero) is 1. The van der Waals surface area contributed by atoms with Gasteiger partial charge in [0, 0.05) is 53.8 Å². The monoisotopic (exact) mass is 752 g/mol. The van der Waals surface area contributed by atoms with E-state index in [9.17, 15) is 41.1 Å². The van der Waals surface area contributed by atoms with Crippen LogP contribution in [0.15, 0.2) is 48.8 Å². The number of carbonyl (C=O) groups is 4. The van der Waals surface area contributed by atoms with Crippen LogP contribution in [0.3, 0.4) is 0 Å². The largest absolute Gasteiger partial charge is 0.433 e. The van der Waals surface area contributed by atoms with Gasteiger partial charge in [-0.1, -0.05) is 12.1 Å². The molecule has 7 rings (SSSR count). The van der Waals surface area contributed by atoms with E-state index in [1.165, 1.54) is 23.4 Å². The average Bonchev–Trinajstić information content (AvgIpc) is 3.52. The van der Waals surface area contributed by atoms with E-state index in [2.05, 4.69) is 30.7 Å². The summed E-state index contributed by atoms with van der Waals surface area (Å²) in [4.78, 5) is 67.4. The highest BCUT2D eigenvalue weighted by Gasteiger charge is 2.67. The lowest BCUT2D eigenvalue weighted by Crippen LogP contribution is -2.47. The molecule has 2 aliphatic heterocycles. The fourth-order valence-corrected chi connectivity index (χ4v) is 7.13. The number of alkyl halides is 5. The van der Waals surface area contributed by atoms with Crippen molar-refractivity contribution >= 4 is 40.2 Å². The molecule has 2 fully saturated rings. The number of pyridine rings is 1. The number of amides is 3. The summed E-state index contributed by atoms with van der Waals surface area (Å²) in [7, 11) is 0. The molecular formula is C36H33F5N8O5. The Morgan fingerprint density at radius 2 is 1.81 bits per heavy atom. The van der Waals surface area contributed by atoms with Crippen LogP contribution in [0.1, 0.15) is 52.6 Å². The van der Waals surface area contributed by atoms with Gasteiger partial charge < -0.3 is 20.3 Å². The van der Waals surface area contributed by atoms with Gasteiger partial charge in [-0.2, -0.15) is 27.1 Å². The van der Waals surface area contributed by atoms with Gasteiger partial charge in [0.1, 0.15) is 29.8 Å². The van der Waals surface area contributed by atoms with E-state index in [0.29, 0.717) is 33.9 Å². The van der Waals surface area contributed by atoms with Gasteiger partial charge in [0.25, 0.3) is 5.91 Å². The number of nitrogens with zero attached hydrogens (tertiary/aromatic N) is 6. The molecule has 3 aromatic heterocycles. The maximum absolute atomic E-state index is 14.9. The van der Waals surface area contributed by atoms with Gasteiger partial charge in [-0.05, 0) is 62.1 Å². The normalized spacial score (nSPS) is 23.4. The summed E-state index contributed by atoms with van der Waals surface area (Å²) >= 11 is 0. The van der Waals surface area contributed by atoms with Crippen LogP contribution < -0.4 is 10.6 Å². The van der Waals surface area contributed by atoms with E-state index in [1.807, 2.05) is 6.92 Å². The number of aryl methyl sites for hydroxylation is 2. The number of anilines is 1. The predicted molar refractivity (Wildman–Crippen MR) is 181 cm³/mol. The smallest absolute Gasteiger partial charge is 0.373 e. The first kappa shape index (κ1) is 36.7. The number of carbonyl (C=O) groups excluding carboxylic acids is 4. The van der Waals surface area contributed by atoms with Crippen LogP contribution in [0.25, 0.3) is 22.3 Å². The molecular weight excluding hydrogens is 719 g/mol. The molecule has 2 N–H and O–H groups in total. The first-order chi connectivity index (χ1) is 25.5. The highest BCUT2D eigenvalue weighted by molar-refractivity contribution is 6.07. The third-order valence-corrected chi connectivity index (χ3v) is 9.92. The van der Waals surface area contributed by atoms with Crippen LogP contribution in [-0.4, -0.2) is 84.3 Å². The van der Waals surface area contributed by atoms with E-state index in [4.69, 9.17) is 4.74 Å². The van der Waals surface area contributed by atoms with Crippen LogP contribution in [-0.2, 0) is 38.4 Å². The minimum atomic E-state index is -4.80. The molecule has 4 aromatic rings. The van der Waals surface area contributed by atoms with E-state index < -0.39 is 65.3 Å². The second-order valence-corrected chi connectivity index (χ2v) is 13.9. The maximum Gasteiger partial charge on any atom is 0.433 e. The number of benzene rings is 1. The van der Waals surface area contributed by atoms with Crippen molar-refractivity contribution < 1.29 is 45.9 Å². The van der Waals surface area contributed by atoms with E-state index in [0.717, 1.165) is 23.8 Å². The molecule has 0 radical (unpaired) electrons. The Morgan fingerprint density at radius 3 is 2.52 bits per heavy atom. The summed E-state index contributed by atoms with van der Waals surface area (Å²) in [6.45, 7) is 3.24. The zero-order valence-corrected chi connectivity index (χ0v) is 29.1. The van der Waals surface area contributed by atoms with Gasteiger partial charge >= 0.3 is 12.1 Å². The molecule has 1 saturated carbocycles. The Balaban J connectivity index is 1.31. The molecule has 282 valence electrons. The van der Waals surface area contributed by atoms with Gasteiger partial charge in [0.05, 0.1) is 18.7 Å². The number of ketones is 1. The van der Waals surface area contributed by atoms with Crippen molar-refractivity contribution in [3.8, 4) is 11.4 Å². The second-order valence-electron chi connectivity index (χ2n) is 13.9. The Hall–Kier alpha value is -5.65. The van der Waals surface area contributed by atoms with Gasteiger partial charge in [-0.3, -0.25) is 23.9 Å². The number of halogens is 5. The fourth-order valence-electron chi connectivity index (χ4n) is 7.13. The summed E-state index contributed by atoms with van der Waals surface area (Å²) in [6.07, 6.45) is -0.00580. The van der Waals surface area contributed by atoms with Crippen molar-refractivity contribution in [1.29, 1.82) is 0 Å². The summed E-state index contributed by atoms with van der Waals surface area (Å²) in [6, 6.07) is 3.25. The molecule has 0 spiro atoms. The van der Waals surface area contributed by atoms with Crippen LogP contribution in [0.2, 0.25) is 0 Å². The Bertz CT molecular complexity index is 2240. The number of ether oxygens (including phenoxy) is 1. The molecule has 1 aromatic carbocycles. The second kappa shape index (κ2) is 13.3. The van der Waals surface area contributed by atoms with Crippen LogP contribution in [0, 0.1) is 19.3 Å². The molecule has 0 unspecified atom stereocenters. The number of hydrogen-bond donors (Lipinski definition) is 2. The summed E-state index contributed by atoms with van der Waals surface area (Å²) in [5.74, 6) is -7.51. The number of nitrogens with one attached hydrogen (secondary N) is 2. The van der Waals surface area contributed by atoms with Crippen molar-refractivity contribution in [3.05, 3.63) is 76.9 Å². The Labute approximate surface area is 304 Å². The molecule has 3 amide bonds. The highest BCUT2D eigenvalue weighted by Crippen LogP contribution is 2.59. The zero-order chi connectivity index (χ0) is 38.7. The lowest BCUT2D eigenvalue weighted by molar-refractivity contribution is -0.141. The minimum Gasteiger partial charge on any atom is -0.373 e. The third-order valence-electron chi connectivity index (χ3n) is 9.92. The SMILES string of the molecule is CC(=O)c1nn2c3c(cc(-c4ncc(C)cn4)cc13)COC/C=C\C(F)(F)C(=O)NC[C@@]13C[C@@H](C(=O)Nc4nc(C(F)(F)F)ccc4C)N(C(=O)C2)[C@@H]1C3. The van der Waals surface area contributed by atoms with Crippen molar-refractivity contribution in [2.24, 2.45) is 5.41 Å². The molecule has 54 heavy (non-hydrogen) atoms. The van der Waals surface area contributed by atoms with Crippen molar-refractivity contribution in [3.63, 3.8) is 0 Å².